The molecule has 1 atom stereocenters. The van der Waals surface area contributed by atoms with Crippen molar-refractivity contribution in [1.29, 1.82) is 5.26 Å². The molecule has 1 fully saturated rings. The zero-order chi connectivity index (χ0) is 25.6. The Morgan fingerprint density at radius 3 is 2.83 bits per heavy atom. The summed E-state index contributed by atoms with van der Waals surface area (Å²) in [6, 6.07) is 4.51. The minimum absolute atomic E-state index is 0.0413. The van der Waals surface area contributed by atoms with E-state index in [-0.39, 0.29) is 5.54 Å². The summed E-state index contributed by atoms with van der Waals surface area (Å²) in [6.45, 7) is 11.5. The molecule has 7 nitrogen and oxygen atoms in total. The molecule has 3 aromatic heterocycles. The van der Waals surface area contributed by atoms with E-state index in [2.05, 4.69) is 60.6 Å². The molecule has 1 aliphatic carbocycles. The van der Waals surface area contributed by atoms with Crippen molar-refractivity contribution >= 4 is 39.2 Å². The Morgan fingerprint density at radius 1 is 1.36 bits per heavy atom. The number of pyridine rings is 1. The quantitative estimate of drug-likeness (QED) is 0.516. The van der Waals surface area contributed by atoms with Crippen LogP contribution in [0, 0.1) is 18.3 Å². The van der Waals surface area contributed by atoms with Crippen LogP contribution in [-0.4, -0.2) is 52.8 Å². The van der Waals surface area contributed by atoms with E-state index in [9.17, 15) is 9.65 Å². The second kappa shape index (κ2) is 9.34. The van der Waals surface area contributed by atoms with Crippen LogP contribution in [0.3, 0.4) is 0 Å². The number of hydrogen-bond donors (Lipinski definition) is 1. The second-order valence-corrected chi connectivity index (χ2v) is 11.1. The normalized spacial score (nSPS) is 19.4. The molecular formula is C27H32FN7S. The molecule has 188 valence electrons. The molecule has 1 saturated heterocycles. The first-order valence-electron chi connectivity index (χ1n) is 12.4. The van der Waals surface area contributed by atoms with Crippen molar-refractivity contribution < 1.29 is 4.39 Å². The predicted molar refractivity (Wildman–Crippen MR) is 145 cm³/mol. The van der Waals surface area contributed by atoms with Gasteiger partial charge in [-0.1, -0.05) is 30.4 Å². The molecule has 0 spiro atoms. The summed E-state index contributed by atoms with van der Waals surface area (Å²) < 4.78 is 15.8. The Bertz CT molecular complexity index is 1410. The molecule has 2 aliphatic rings. The summed E-state index contributed by atoms with van der Waals surface area (Å²) in [6.07, 6.45) is 7.34. The van der Waals surface area contributed by atoms with Gasteiger partial charge >= 0.3 is 0 Å². The highest BCUT2D eigenvalue weighted by Crippen LogP contribution is 2.37. The van der Waals surface area contributed by atoms with E-state index < -0.39 is 6.17 Å². The summed E-state index contributed by atoms with van der Waals surface area (Å²) in [5.74, 6) is 0.952. The summed E-state index contributed by atoms with van der Waals surface area (Å²) in [5.41, 5.74) is 5.64. The first-order valence-corrected chi connectivity index (χ1v) is 13.2. The summed E-state index contributed by atoms with van der Waals surface area (Å²) in [4.78, 5) is 14.8. The lowest BCUT2D eigenvalue weighted by atomic mass is 10.0. The van der Waals surface area contributed by atoms with Crippen molar-refractivity contribution in [1.82, 2.24) is 19.7 Å². The minimum Gasteiger partial charge on any atom is -0.367 e. The molecule has 1 aliphatic heterocycles. The highest BCUT2D eigenvalue weighted by Gasteiger charge is 2.28. The van der Waals surface area contributed by atoms with Gasteiger partial charge in [-0.05, 0) is 50.5 Å². The van der Waals surface area contributed by atoms with Gasteiger partial charge in [0, 0.05) is 44.8 Å². The number of aromatic nitrogens is 3. The van der Waals surface area contributed by atoms with Crippen molar-refractivity contribution in [3.8, 4) is 6.07 Å². The Kier molecular flexibility index (Phi) is 6.35. The number of aryl methyl sites for hydroxylation is 2. The smallest absolute Gasteiger partial charge is 0.192 e. The Hall–Kier alpha value is -3.22. The Balaban J connectivity index is 1.58. The molecule has 0 amide bonds. The summed E-state index contributed by atoms with van der Waals surface area (Å²) >= 11 is 1.35. The maximum atomic E-state index is 13.6. The van der Waals surface area contributed by atoms with Gasteiger partial charge in [0.1, 0.15) is 34.3 Å². The van der Waals surface area contributed by atoms with Crippen LogP contribution in [0.15, 0.2) is 30.5 Å². The van der Waals surface area contributed by atoms with E-state index in [0.29, 0.717) is 22.1 Å². The lowest BCUT2D eigenvalue weighted by Gasteiger charge is -2.40. The fraction of sp³-hybridized carbons (Fsp3) is 0.444. The van der Waals surface area contributed by atoms with Crippen molar-refractivity contribution in [2.45, 2.75) is 52.2 Å². The van der Waals surface area contributed by atoms with Gasteiger partial charge in [0.25, 0.3) is 0 Å². The van der Waals surface area contributed by atoms with Gasteiger partial charge in [-0.15, -0.1) is 0 Å². The minimum atomic E-state index is -0.982. The van der Waals surface area contributed by atoms with Crippen LogP contribution in [0.5, 0.6) is 0 Å². The molecule has 9 heteroatoms. The van der Waals surface area contributed by atoms with Crippen LogP contribution in [0.1, 0.15) is 49.0 Å². The largest absolute Gasteiger partial charge is 0.367 e. The van der Waals surface area contributed by atoms with Gasteiger partial charge in [0.05, 0.1) is 11.4 Å². The third-order valence-corrected chi connectivity index (χ3v) is 7.88. The van der Waals surface area contributed by atoms with Gasteiger partial charge in [-0.25, -0.2) is 14.4 Å². The number of nitriles is 1. The first kappa shape index (κ1) is 24.5. The molecular weight excluding hydrogens is 473 g/mol. The lowest BCUT2D eigenvalue weighted by Crippen LogP contribution is -2.57. The number of thiazole rings is 1. The van der Waals surface area contributed by atoms with Gasteiger partial charge < -0.3 is 15.1 Å². The highest BCUT2D eigenvalue weighted by atomic mass is 32.1. The molecule has 5 rings (SSSR count). The van der Waals surface area contributed by atoms with E-state index in [4.69, 9.17) is 9.97 Å². The third-order valence-electron chi connectivity index (χ3n) is 6.85. The lowest BCUT2D eigenvalue weighted by molar-refractivity contribution is 0.353. The fourth-order valence-corrected chi connectivity index (χ4v) is 5.89. The molecule has 0 bridgehead atoms. The average molecular weight is 506 g/mol. The van der Waals surface area contributed by atoms with Gasteiger partial charge in [0.2, 0.25) is 0 Å². The van der Waals surface area contributed by atoms with Crippen LogP contribution in [-0.2, 0) is 6.42 Å². The Morgan fingerprint density at radius 2 is 2.17 bits per heavy atom. The second-order valence-electron chi connectivity index (χ2n) is 10.2. The van der Waals surface area contributed by atoms with Crippen LogP contribution >= 0.6 is 11.3 Å². The number of anilines is 3. The molecule has 0 saturated carbocycles. The molecule has 4 heterocycles. The van der Waals surface area contributed by atoms with Crippen LogP contribution in [0.2, 0.25) is 0 Å². The van der Waals surface area contributed by atoms with Crippen molar-refractivity contribution in [2.24, 2.45) is 0 Å². The van der Waals surface area contributed by atoms with E-state index >= 15 is 0 Å². The number of imidazole rings is 1. The Labute approximate surface area is 215 Å². The van der Waals surface area contributed by atoms with E-state index in [1.165, 1.54) is 23.1 Å². The SMILES string of the molecule is CCc1nc2c(C)cc(N3CCNC(C)(C)C3)cn2c1N(C)c1nc(C2=CCC(F)C=C2)c(C#N)s1. The fourth-order valence-electron chi connectivity index (χ4n) is 5.04. The molecule has 1 N–H and O–H groups in total. The van der Waals surface area contributed by atoms with Gasteiger partial charge in [0.15, 0.2) is 5.13 Å². The molecule has 0 aromatic carbocycles. The highest BCUT2D eigenvalue weighted by molar-refractivity contribution is 7.16. The van der Waals surface area contributed by atoms with Crippen molar-refractivity contribution in [3.05, 3.63) is 52.3 Å². The standard InChI is InChI=1S/C27H32FN7S/c1-6-21-25(33(5)26-32-23(22(14-29)36-26)18-7-9-19(28)10-8-18)35-15-20(13-17(2)24(35)31-21)34-12-11-30-27(3,4)16-34/h7-9,13,15,19,30H,6,10-12,16H2,1-5H3. The van der Waals surface area contributed by atoms with Crippen molar-refractivity contribution in [2.75, 3.05) is 36.5 Å². The molecule has 3 aromatic rings. The molecule has 0 radical (unpaired) electrons. The number of nitrogens with one attached hydrogen (secondary N) is 1. The number of hydrogen-bond acceptors (Lipinski definition) is 7. The monoisotopic (exact) mass is 505 g/mol. The first-order chi connectivity index (χ1) is 17.2. The number of rotatable bonds is 5. The number of halogens is 1. The number of piperazine rings is 1. The third kappa shape index (κ3) is 4.40. The van der Waals surface area contributed by atoms with Gasteiger partial charge in [-0.3, -0.25) is 4.40 Å². The van der Waals surface area contributed by atoms with E-state index in [1.54, 1.807) is 6.08 Å². The number of fused-ring (bicyclic) bond motifs is 1. The molecule has 36 heavy (non-hydrogen) atoms. The van der Waals surface area contributed by atoms with E-state index in [0.717, 1.165) is 54.4 Å². The topological polar surface area (TPSA) is 72.5 Å². The van der Waals surface area contributed by atoms with Crippen molar-refractivity contribution in [3.63, 3.8) is 0 Å². The van der Waals surface area contributed by atoms with Crippen LogP contribution in [0.25, 0.3) is 11.2 Å². The molecule has 1 unspecified atom stereocenters. The van der Waals surface area contributed by atoms with E-state index in [1.807, 2.05) is 18.0 Å². The predicted octanol–water partition coefficient (Wildman–Crippen LogP) is 5.17. The zero-order valence-corrected chi connectivity index (χ0v) is 22.3. The van der Waals surface area contributed by atoms with Crippen LogP contribution < -0.4 is 15.1 Å². The maximum absolute atomic E-state index is 13.6. The number of alkyl halides is 1. The summed E-state index contributed by atoms with van der Waals surface area (Å²) in [7, 11) is 1.98. The zero-order valence-electron chi connectivity index (χ0n) is 21.5. The number of allylic oxidation sites excluding steroid dienone is 4. The van der Waals surface area contributed by atoms with Crippen LogP contribution in [0.4, 0.5) is 21.0 Å². The number of nitrogens with zero attached hydrogens (tertiary/aromatic N) is 6. The van der Waals surface area contributed by atoms with Gasteiger partial charge in [-0.2, -0.15) is 5.26 Å². The average Bonchev–Trinajstić information content (AvgIpc) is 3.45. The maximum Gasteiger partial charge on any atom is 0.192 e. The summed E-state index contributed by atoms with van der Waals surface area (Å²) in [5, 5.41) is 14.1.